The molecule has 0 aliphatic heterocycles. The number of urea groups is 1. The Morgan fingerprint density at radius 3 is 1.96 bits per heavy atom. The van der Waals surface area contributed by atoms with E-state index in [2.05, 4.69) is 5.32 Å². The van der Waals surface area contributed by atoms with Crippen molar-refractivity contribution < 1.29 is 14.8 Å². The van der Waals surface area contributed by atoms with Crippen molar-refractivity contribution in [1.29, 1.82) is 0 Å². The van der Waals surface area contributed by atoms with Crippen molar-refractivity contribution in [3.05, 3.63) is 71.7 Å². The number of hydrogen-bond acceptors (Lipinski definition) is 5. The Morgan fingerprint density at radius 2 is 1.52 bits per heavy atom. The van der Waals surface area contributed by atoms with Gasteiger partial charge in [-0.1, -0.05) is 34.8 Å². The molecular formula is C13H7Cl3N4O5. The molecule has 2 aromatic rings. The Kier molecular flexibility index (Phi) is 5.62. The average Bonchev–Trinajstić information content (AvgIpc) is 2.50. The van der Waals surface area contributed by atoms with Crippen LogP contribution in [0.1, 0.15) is 0 Å². The number of nitro benzene ring substituents is 1. The van der Waals surface area contributed by atoms with Crippen LogP contribution in [0.5, 0.6) is 0 Å². The number of halogens is 3. The lowest BCUT2D eigenvalue weighted by Crippen LogP contribution is -2.40. The van der Waals surface area contributed by atoms with Gasteiger partial charge in [-0.2, -0.15) is 0 Å². The molecule has 2 aromatic carbocycles. The van der Waals surface area contributed by atoms with Crippen molar-refractivity contribution in [3.63, 3.8) is 0 Å². The summed E-state index contributed by atoms with van der Waals surface area (Å²) >= 11 is 17.6. The minimum atomic E-state index is -1.18. The molecule has 2 rings (SSSR count). The van der Waals surface area contributed by atoms with E-state index in [0.29, 0.717) is 0 Å². The molecular weight excluding hydrogens is 399 g/mol. The van der Waals surface area contributed by atoms with Gasteiger partial charge in [0.2, 0.25) is 0 Å². The van der Waals surface area contributed by atoms with Crippen LogP contribution in [-0.4, -0.2) is 16.0 Å². The van der Waals surface area contributed by atoms with Crippen molar-refractivity contribution in [2.75, 3.05) is 10.3 Å². The minimum absolute atomic E-state index is 0.101. The fourth-order valence-corrected chi connectivity index (χ4v) is 2.81. The van der Waals surface area contributed by atoms with Crippen molar-refractivity contribution >= 4 is 57.9 Å². The molecule has 0 fully saturated rings. The maximum absolute atomic E-state index is 12.3. The molecule has 0 aliphatic carbocycles. The maximum atomic E-state index is 12.3. The van der Waals surface area contributed by atoms with Gasteiger partial charge >= 0.3 is 6.03 Å². The zero-order valence-electron chi connectivity index (χ0n) is 12.0. The summed E-state index contributed by atoms with van der Waals surface area (Å²) in [5, 5.41) is 23.0. The lowest BCUT2D eigenvalue weighted by Gasteiger charge is -2.16. The number of non-ortho nitro benzene ring substituents is 1. The Bertz CT molecular complexity index is 836. The largest absolute Gasteiger partial charge is 0.385 e. The van der Waals surface area contributed by atoms with Crippen molar-refractivity contribution in [2.24, 2.45) is 0 Å². The van der Waals surface area contributed by atoms with Gasteiger partial charge in [0.1, 0.15) is 0 Å². The van der Waals surface area contributed by atoms with E-state index in [1.165, 1.54) is 24.3 Å². The number of nitro groups is 2. The quantitative estimate of drug-likeness (QED) is 0.579. The Labute approximate surface area is 155 Å². The Hall–Kier alpha value is -2.62. The number of benzene rings is 2. The van der Waals surface area contributed by atoms with E-state index < -0.39 is 16.0 Å². The highest BCUT2D eigenvalue weighted by Gasteiger charge is 2.32. The number of nitrogens with zero attached hydrogens (tertiary/aromatic N) is 3. The van der Waals surface area contributed by atoms with E-state index in [4.69, 9.17) is 34.8 Å². The van der Waals surface area contributed by atoms with Gasteiger partial charge in [0.15, 0.2) is 10.7 Å². The fraction of sp³-hybridized carbons (Fsp3) is 0. The highest BCUT2D eigenvalue weighted by atomic mass is 35.5. The number of carbonyl (C=O) groups excluding carboxylic acids is 1. The van der Waals surface area contributed by atoms with E-state index >= 15 is 0 Å². The summed E-state index contributed by atoms with van der Waals surface area (Å²) < 4.78 is 0. The van der Waals surface area contributed by atoms with E-state index in [9.17, 15) is 25.0 Å². The third kappa shape index (κ3) is 4.27. The molecule has 130 valence electrons. The summed E-state index contributed by atoms with van der Waals surface area (Å²) in [4.78, 5) is 33.5. The van der Waals surface area contributed by atoms with Crippen LogP contribution < -0.4 is 10.3 Å². The zero-order chi connectivity index (χ0) is 18.7. The predicted molar refractivity (Wildman–Crippen MR) is 93.1 cm³/mol. The summed E-state index contributed by atoms with van der Waals surface area (Å²) in [6.07, 6.45) is 0. The smallest absolute Gasteiger partial charge is 0.303 e. The van der Waals surface area contributed by atoms with Crippen molar-refractivity contribution in [1.82, 2.24) is 0 Å². The molecule has 0 aromatic heterocycles. The molecule has 0 aliphatic rings. The average molecular weight is 406 g/mol. The second kappa shape index (κ2) is 7.51. The molecule has 0 heterocycles. The normalized spacial score (nSPS) is 10.2. The number of anilines is 2. The lowest BCUT2D eigenvalue weighted by atomic mass is 10.3. The van der Waals surface area contributed by atoms with Gasteiger partial charge in [-0.05, 0) is 29.3 Å². The van der Waals surface area contributed by atoms with E-state index in [1.807, 2.05) is 0 Å². The molecule has 0 spiro atoms. The van der Waals surface area contributed by atoms with Crippen LogP contribution in [0, 0.1) is 20.2 Å². The van der Waals surface area contributed by atoms with Gasteiger partial charge < -0.3 is 5.32 Å². The first kappa shape index (κ1) is 18.7. The van der Waals surface area contributed by atoms with E-state index in [1.54, 1.807) is 0 Å². The lowest BCUT2D eigenvalue weighted by molar-refractivity contribution is -0.481. The van der Waals surface area contributed by atoms with Gasteiger partial charge in [-0.3, -0.25) is 10.1 Å². The maximum Gasteiger partial charge on any atom is 0.385 e. The van der Waals surface area contributed by atoms with Gasteiger partial charge in [0.25, 0.3) is 5.69 Å². The number of hydrazine groups is 1. The van der Waals surface area contributed by atoms with E-state index in [-0.39, 0.29) is 37.1 Å². The number of amides is 2. The summed E-state index contributed by atoms with van der Waals surface area (Å²) in [5.74, 6) is 0. The molecule has 0 saturated heterocycles. The molecule has 0 bridgehead atoms. The summed E-state index contributed by atoms with van der Waals surface area (Å²) in [6, 6.07) is 5.92. The Balaban J connectivity index is 2.33. The van der Waals surface area contributed by atoms with Gasteiger partial charge in [-0.15, -0.1) is 0 Å². The molecule has 0 radical (unpaired) electrons. The molecule has 9 nitrogen and oxygen atoms in total. The van der Waals surface area contributed by atoms with Crippen molar-refractivity contribution in [3.8, 4) is 0 Å². The van der Waals surface area contributed by atoms with Crippen LogP contribution in [0.15, 0.2) is 36.4 Å². The molecule has 0 atom stereocenters. The number of carbonyl (C=O) groups is 1. The third-order valence-corrected chi connectivity index (χ3v) is 3.67. The third-order valence-electron chi connectivity index (χ3n) is 2.88. The van der Waals surface area contributed by atoms with Gasteiger partial charge in [-0.25, -0.2) is 14.9 Å². The predicted octanol–water partition coefficient (Wildman–Crippen LogP) is 4.79. The minimum Gasteiger partial charge on any atom is -0.303 e. The topological polar surface area (TPSA) is 119 Å². The fourth-order valence-electron chi connectivity index (χ4n) is 1.84. The van der Waals surface area contributed by atoms with Crippen molar-refractivity contribution in [2.45, 2.75) is 0 Å². The van der Waals surface area contributed by atoms with E-state index in [0.717, 1.165) is 12.1 Å². The molecule has 2 amide bonds. The van der Waals surface area contributed by atoms with Crippen LogP contribution in [0.25, 0.3) is 0 Å². The SMILES string of the molecule is O=C(Nc1ccc([N+](=O)[O-])cc1)N(c1c(Cl)cc(Cl)cc1Cl)[N+](=O)[O-]. The van der Waals surface area contributed by atoms with Gasteiger partial charge in [0, 0.05) is 22.8 Å². The second-order valence-electron chi connectivity index (χ2n) is 4.50. The first-order chi connectivity index (χ1) is 11.7. The molecule has 12 heteroatoms. The molecule has 0 unspecified atom stereocenters. The van der Waals surface area contributed by atoms with Crippen LogP contribution in [0.3, 0.4) is 0 Å². The summed E-state index contributed by atoms with van der Waals surface area (Å²) in [6.45, 7) is 0. The zero-order valence-corrected chi connectivity index (χ0v) is 14.2. The Morgan fingerprint density at radius 1 is 1.00 bits per heavy atom. The van der Waals surface area contributed by atoms with Gasteiger partial charge in [0.05, 0.1) is 15.0 Å². The number of nitrogens with one attached hydrogen (secondary N) is 1. The van der Waals surface area contributed by atoms with Crippen LogP contribution in [0.4, 0.5) is 21.9 Å². The standard InChI is InChI=1S/C13H7Cl3N4O5/c14-7-5-10(15)12(11(16)6-7)18(20(24)25)13(21)17-8-1-3-9(4-2-8)19(22)23/h1-6H,(H,17,21). The molecule has 1 N–H and O–H groups in total. The number of hydrogen-bond donors (Lipinski definition) is 1. The highest BCUT2D eigenvalue weighted by Crippen LogP contribution is 2.37. The molecule has 25 heavy (non-hydrogen) atoms. The van der Waals surface area contributed by atoms with Crippen LogP contribution in [0.2, 0.25) is 15.1 Å². The summed E-state index contributed by atoms with van der Waals surface area (Å²) in [7, 11) is 0. The first-order valence-electron chi connectivity index (χ1n) is 6.35. The number of rotatable bonds is 4. The summed E-state index contributed by atoms with van der Waals surface area (Å²) in [5.41, 5.74) is -0.464. The monoisotopic (exact) mass is 404 g/mol. The van der Waals surface area contributed by atoms with Crippen LogP contribution >= 0.6 is 34.8 Å². The van der Waals surface area contributed by atoms with Crippen LogP contribution in [-0.2, 0) is 0 Å². The highest BCUT2D eigenvalue weighted by molar-refractivity contribution is 6.42. The molecule has 0 saturated carbocycles. The second-order valence-corrected chi connectivity index (χ2v) is 5.75. The first-order valence-corrected chi connectivity index (χ1v) is 7.48.